The maximum atomic E-state index is 12.6. The summed E-state index contributed by atoms with van der Waals surface area (Å²) in [7, 11) is -3.46. The lowest BCUT2D eigenvalue weighted by atomic mass is 9.80. The lowest BCUT2D eigenvalue weighted by molar-refractivity contribution is 0.249. The van der Waals surface area contributed by atoms with Crippen molar-refractivity contribution >= 4 is 10.0 Å². The molecule has 1 aromatic rings. The third-order valence-corrected chi connectivity index (χ3v) is 6.15. The molecule has 3 atom stereocenters. The van der Waals surface area contributed by atoms with Gasteiger partial charge in [-0.05, 0) is 55.2 Å². The van der Waals surface area contributed by atoms with Crippen molar-refractivity contribution in [3.63, 3.8) is 0 Å². The monoisotopic (exact) mass is 310 g/mol. The van der Waals surface area contributed by atoms with Gasteiger partial charge in [-0.2, -0.15) is 0 Å². The fourth-order valence-electron chi connectivity index (χ4n) is 3.24. The summed E-state index contributed by atoms with van der Waals surface area (Å²) in [5, 5.41) is 0. The highest BCUT2D eigenvalue weighted by atomic mass is 32.2. The molecule has 21 heavy (non-hydrogen) atoms. The summed E-state index contributed by atoms with van der Waals surface area (Å²) < 4.78 is 28.1. The van der Waals surface area contributed by atoms with Gasteiger partial charge in [0.25, 0.3) is 0 Å². The number of nitrogens with one attached hydrogen (secondary N) is 1. The summed E-state index contributed by atoms with van der Waals surface area (Å²) >= 11 is 0. The van der Waals surface area contributed by atoms with Crippen LogP contribution in [0.25, 0.3) is 0 Å². The molecule has 3 unspecified atom stereocenters. The molecule has 0 bridgehead atoms. The van der Waals surface area contributed by atoms with E-state index in [1.165, 1.54) is 0 Å². The first kappa shape index (κ1) is 16.5. The van der Waals surface area contributed by atoms with Crippen molar-refractivity contribution in [1.82, 2.24) is 4.72 Å². The molecule has 1 saturated carbocycles. The van der Waals surface area contributed by atoms with Crippen LogP contribution in [0.4, 0.5) is 0 Å². The molecule has 3 N–H and O–H groups in total. The summed E-state index contributed by atoms with van der Waals surface area (Å²) in [6, 6.07) is 5.34. The van der Waals surface area contributed by atoms with Gasteiger partial charge >= 0.3 is 0 Å². The summed E-state index contributed by atoms with van der Waals surface area (Å²) in [4.78, 5) is 0.366. The van der Waals surface area contributed by atoms with E-state index in [9.17, 15) is 8.42 Å². The Balaban J connectivity index is 2.19. The number of hydrogen-bond donors (Lipinski definition) is 2. The van der Waals surface area contributed by atoms with E-state index in [4.69, 9.17) is 5.73 Å². The predicted octanol–water partition coefficient (Wildman–Crippen LogP) is 2.56. The van der Waals surface area contributed by atoms with Crippen LogP contribution in [-0.2, 0) is 16.6 Å². The lowest BCUT2D eigenvalue weighted by Crippen LogP contribution is -2.42. The van der Waals surface area contributed by atoms with Gasteiger partial charge in [0.05, 0.1) is 4.90 Å². The second-order valence-corrected chi connectivity index (χ2v) is 8.11. The molecule has 1 aromatic carbocycles. The minimum Gasteiger partial charge on any atom is -0.326 e. The van der Waals surface area contributed by atoms with Gasteiger partial charge in [-0.3, -0.25) is 0 Å². The van der Waals surface area contributed by atoms with Crippen molar-refractivity contribution in [3.8, 4) is 0 Å². The number of sulfonamides is 1. The quantitative estimate of drug-likeness (QED) is 0.897. The van der Waals surface area contributed by atoms with E-state index in [2.05, 4.69) is 18.6 Å². The van der Waals surface area contributed by atoms with Crippen LogP contribution in [0.3, 0.4) is 0 Å². The first-order valence-electron chi connectivity index (χ1n) is 7.65. The Morgan fingerprint density at radius 1 is 1.29 bits per heavy atom. The largest absolute Gasteiger partial charge is 0.326 e. The Labute approximate surface area is 128 Å². The molecule has 0 saturated heterocycles. The fraction of sp³-hybridized carbons (Fsp3) is 0.625. The Morgan fingerprint density at radius 3 is 2.57 bits per heavy atom. The molecule has 118 valence electrons. The molecular formula is C16H26N2O2S. The zero-order valence-corrected chi connectivity index (χ0v) is 13.9. The van der Waals surface area contributed by atoms with Crippen LogP contribution in [-0.4, -0.2) is 14.5 Å². The fourth-order valence-corrected chi connectivity index (χ4v) is 4.85. The van der Waals surface area contributed by atoms with Crippen molar-refractivity contribution < 1.29 is 8.42 Å². The van der Waals surface area contributed by atoms with Gasteiger partial charge in [0.1, 0.15) is 0 Å². The van der Waals surface area contributed by atoms with E-state index >= 15 is 0 Å². The van der Waals surface area contributed by atoms with Gasteiger partial charge in [0.2, 0.25) is 10.0 Å². The van der Waals surface area contributed by atoms with E-state index in [1.54, 1.807) is 12.1 Å². The van der Waals surface area contributed by atoms with Gasteiger partial charge in [0, 0.05) is 12.6 Å². The van der Waals surface area contributed by atoms with Crippen molar-refractivity contribution in [3.05, 3.63) is 29.3 Å². The van der Waals surface area contributed by atoms with Crippen molar-refractivity contribution in [2.24, 2.45) is 17.6 Å². The van der Waals surface area contributed by atoms with Gasteiger partial charge in [-0.25, -0.2) is 13.1 Å². The van der Waals surface area contributed by atoms with Crippen LogP contribution in [0.15, 0.2) is 23.1 Å². The van der Waals surface area contributed by atoms with Crippen LogP contribution in [0.2, 0.25) is 0 Å². The average molecular weight is 310 g/mol. The van der Waals surface area contributed by atoms with E-state index in [0.29, 0.717) is 23.3 Å². The van der Waals surface area contributed by atoms with Crippen molar-refractivity contribution in [2.45, 2.75) is 57.5 Å². The summed E-state index contributed by atoms with van der Waals surface area (Å²) in [6.45, 7) is 6.61. The highest BCUT2D eigenvalue weighted by Crippen LogP contribution is 2.30. The molecule has 4 nitrogen and oxygen atoms in total. The van der Waals surface area contributed by atoms with Gasteiger partial charge in [0.15, 0.2) is 0 Å². The number of hydrogen-bond acceptors (Lipinski definition) is 3. The molecule has 5 heteroatoms. The number of benzene rings is 1. The summed E-state index contributed by atoms with van der Waals surface area (Å²) in [6.07, 6.45) is 3.09. The normalized spacial score (nSPS) is 26.8. The van der Waals surface area contributed by atoms with Crippen LogP contribution in [0, 0.1) is 18.8 Å². The zero-order valence-electron chi connectivity index (χ0n) is 13.1. The van der Waals surface area contributed by atoms with E-state index < -0.39 is 10.0 Å². The maximum absolute atomic E-state index is 12.6. The Hall–Kier alpha value is -0.910. The summed E-state index contributed by atoms with van der Waals surface area (Å²) in [5.74, 6) is 1.07. The van der Waals surface area contributed by atoms with Crippen molar-refractivity contribution in [2.75, 3.05) is 0 Å². The Kier molecular flexibility index (Phi) is 5.07. The highest BCUT2D eigenvalue weighted by Gasteiger charge is 2.29. The number of rotatable bonds is 4. The molecule has 1 aliphatic carbocycles. The Morgan fingerprint density at radius 2 is 2.00 bits per heavy atom. The van der Waals surface area contributed by atoms with Crippen LogP contribution in [0.5, 0.6) is 0 Å². The first-order valence-corrected chi connectivity index (χ1v) is 9.13. The Bertz CT molecular complexity index is 598. The van der Waals surface area contributed by atoms with Crippen LogP contribution < -0.4 is 10.5 Å². The molecule has 1 fully saturated rings. The first-order chi connectivity index (χ1) is 9.83. The maximum Gasteiger partial charge on any atom is 0.241 e. The zero-order chi connectivity index (χ0) is 15.6. The second kappa shape index (κ2) is 6.46. The molecule has 0 spiro atoms. The average Bonchev–Trinajstić information content (AvgIpc) is 2.41. The third kappa shape index (κ3) is 3.84. The lowest BCUT2D eigenvalue weighted by Gasteiger charge is -2.33. The molecule has 0 aromatic heterocycles. The molecule has 0 heterocycles. The second-order valence-electron chi connectivity index (χ2n) is 6.43. The molecule has 0 amide bonds. The minimum atomic E-state index is -3.46. The minimum absolute atomic E-state index is 0.0415. The molecule has 0 aliphatic heterocycles. The van der Waals surface area contributed by atoms with Gasteiger partial charge < -0.3 is 5.73 Å². The standard InChI is InChI=1S/C16H26N2O2S/c1-11-4-6-15(12(2)8-11)18-21(19,20)16-7-5-14(10-17)9-13(16)3/h5,7,9,11-12,15,18H,4,6,8,10,17H2,1-3H3. The summed E-state index contributed by atoms with van der Waals surface area (Å²) in [5.41, 5.74) is 7.30. The number of nitrogens with two attached hydrogens (primary N) is 1. The van der Waals surface area contributed by atoms with E-state index in [-0.39, 0.29) is 6.04 Å². The van der Waals surface area contributed by atoms with Crippen LogP contribution in [0.1, 0.15) is 44.2 Å². The molecule has 2 rings (SSSR count). The number of aryl methyl sites for hydroxylation is 1. The SMILES string of the molecule is Cc1cc(CN)ccc1S(=O)(=O)NC1CCC(C)CC1C. The van der Waals surface area contributed by atoms with E-state index in [0.717, 1.165) is 30.4 Å². The highest BCUT2D eigenvalue weighted by molar-refractivity contribution is 7.89. The van der Waals surface area contributed by atoms with Gasteiger partial charge in [-0.1, -0.05) is 26.0 Å². The van der Waals surface area contributed by atoms with E-state index in [1.807, 2.05) is 13.0 Å². The molecule has 1 aliphatic rings. The smallest absolute Gasteiger partial charge is 0.241 e. The van der Waals surface area contributed by atoms with Crippen LogP contribution >= 0.6 is 0 Å². The molecular weight excluding hydrogens is 284 g/mol. The van der Waals surface area contributed by atoms with Gasteiger partial charge in [-0.15, -0.1) is 0 Å². The predicted molar refractivity (Wildman–Crippen MR) is 85.4 cm³/mol. The topological polar surface area (TPSA) is 72.2 Å². The molecule has 0 radical (unpaired) electrons. The third-order valence-electron chi connectivity index (χ3n) is 4.50. The van der Waals surface area contributed by atoms with Crippen molar-refractivity contribution in [1.29, 1.82) is 0 Å².